The lowest BCUT2D eigenvalue weighted by Crippen LogP contribution is -2.39. The maximum absolute atomic E-state index is 12.1. The molecule has 0 saturated carbocycles. The highest BCUT2D eigenvalue weighted by Gasteiger charge is 2.39. The van der Waals surface area contributed by atoms with E-state index in [1.54, 1.807) is 11.0 Å². The number of carbonyl (C=O) groups is 1. The number of rotatable bonds is 8. The first-order valence-electron chi connectivity index (χ1n) is 11.7. The molecule has 1 unspecified atom stereocenters. The van der Waals surface area contributed by atoms with E-state index in [1.807, 2.05) is 39.8 Å². The molecule has 0 aliphatic carbocycles. The summed E-state index contributed by atoms with van der Waals surface area (Å²) in [5.41, 5.74) is -0.219. The Morgan fingerprint density at radius 2 is 1.81 bits per heavy atom. The quantitative estimate of drug-likeness (QED) is 0.449. The lowest BCUT2D eigenvalue weighted by atomic mass is 9.97. The van der Waals surface area contributed by atoms with Crippen LogP contribution in [0, 0.1) is 6.92 Å². The van der Waals surface area contributed by atoms with E-state index in [4.69, 9.17) is 27.9 Å². The molecule has 1 fully saturated rings. The minimum absolute atomic E-state index is 0.313. The van der Waals surface area contributed by atoms with Gasteiger partial charge < -0.3 is 19.6 Å². The van der Waals surface area contributed by atoms with Crippen molar-refractivity contribution in [3.8, 4) is 0 Å². The van der Waals surface area contributed by atoms with Gasteiger partial charge >= 0.3 is 6.09 Å². The number of hydrogen-bond donors (Lipinski definition) is 1. The van der Waals surface area contributed by atoms with Gasteiger partial charge in [0.1, 0.15) is 5.60 Å². The molecule has 2 rings (SSSR count). The van der Waals surface area contributed by atoms with Crippen LogP contribution in [0.25, 0.3) is 0 Å². The molecule has 1 heterocycles. The van der Waals surface area contributed by atoms with E-state index in [9.17, 15) is 9.90 Å². The Morgan fingerprint density at radius 3 is 2.31 bits per heavy atom. The van der Waals surface area contributed by atoms with Crippen molar-refractivity contribution in [2.45, 2.75) is 84.8 Å². The van der Waals surface area contributed by atoms with E-state index in [0.29, 0.717) is 29.6 Å². The third-order valence-electron chi connectivity index (χ3n) is 5.32. The summed E-state index contributed by atoms with van der Waals surface area (Å²) < 4.78 is 5.39. The van der Waals surface area contributed by atoms with E-state index < -0.39 is 11.2 Å². The molecular formula is C25H42Cl2N2O3. The van der Waals surface area contributed by atoms with E-state index in [2.05, 4.69) is 18.7 Å². The van der Waals surface area contributed by atoms with Gasteiger partial charge in [-0.1, -0.05) is 49.2 Å². The first-order chi connectivity index (χ1) is 14.9. The normalized spacial score (nSPS) is 18.5. The third kappa shape index (κ3) is 10.7. The Morgan fingerprint density at radius 1 is 1.19 bits per heavy atom. The number of nitrogens with zero attached hydrogens (tertiary/aromatic N) is 2. The van der Waals surface area contributed by atoms with Gasteiger partial charge in [-0.2, -0.15) is 0 Å². The number of ether oxygens (including phenoxy) is 1. The molecule has 7 heteroatoms. The van der Waals surface area contributed by atoms with Crippen LogP contribution >= 0.6 is 23.2 Å². The van der Waals surface area contributed by atoms with Crippen molar-refractivity contribution in [1.82, 2.24) is 9.80 Å². The molecule has 0 bridgehead atoms. The monoisotopic (exact) mass is 488 g/mol. The van der Waals surface area contributed by atoms with E-state index in [1.165, 1.54) is 0 Å². The summed E-state index contributed by atoms with van der Waals surface area (Å²) in [5.74, 6) is 0. The summed E-state index contributed by atoms with van der Waals surface area (Å²) in [6.45, 7) is 16.2. The molecule has 0 spiro atoms. The molecule has 1 aromatic rings. The van der Waals surface area contributed by atoms with E-state index in [0.717, 1.165) is 50.9 Å². The minimum atomic E-state index is -0.749. The summed E-state index contributed by atoms with van der Waals surface area (Å²) >= 11 is 11.4. The van der Waals surface area contributed by atoms with Gasteiger partial charge in [-0.15, -0.1) is 0 Å². The molecule has 1 amide bonds. The zero-order chi connectivity index (χ0) is 24.4. The first-order valence-corrected chi connectivity index (χ1v) is 12.5. The molecule has 1 N–H and O–H groups in total. The van der Waals surface area contributed by atoms with Gasteiger partial charge in [-0.25, -0.2) is 4.79 Å². The highest BCUT2D eigenvalue weighted by Crippen LogP contribution is 2.27. The standard InChI is InChI=1S/C18H36N2O3.C7H6Cl2/c1-6-11-19(12-7-2)13-8-9-18(22)10-14-20(15-18)16(21)23-17(3,4)5;1-5-3-2-4-6(8)7(5)9/h22H,6-15H2,1-5H3;2-4H,1H3. The first kappa shape index (κ1) is 29.0. The smallest absolute Gasteiger partial charge is 0.410 e. The summed E-state index contributed by atoms with van der Waals surface area (Å²) in [5, 5.41) is 12.0. The highest BCUT2D eigenvalue weighted by atomic mass is 35.5. The number of aliphatic hydroxyl groups is 1. The van der Waals surface area contributed by atoms with Crippen LogP contribution in [-0.4, -0.2) is 64.9 Å². The Hall–Kier alpha value is -1.01. The van der Waals surface area contributed by atoms with Gasteiger partial charge in [-0.3, -0.25) is 0 Å². The fraction of sp³-hybridized carbons (Fsp3) is 0.720. The fourth-order valence-corrected chi connectivity index (χ4v) is 4.10. The highest BCUT2D eigenvalue weighted by molar-refractivity contribution is 6.42. The second kappa shape index (κ2) is 13.6. The number of benzene rings is 1. The SMILES string of the molecule is CCCN(CCC)CCCC1(O)CCN(C(=O)OC(C)(C)C)C1.Cc1cccc(Cl)c1Cl. The predicted octanol–water partition coefficient (Wildman–Crippen LogP) is 6.56. The Labute approximate surface area is 205 Å². The number of halogens is 2. The van der Waals surface area contributed by atoms with Crippen LogP contribution in [0.4, 0.5) is 4.79 Å². The van der Waals surface area contributed by atoms with Crippen molar-refractivity contribution in [2.75, 3.05) is 32.7 Å². The molecule has 1 aliphatic rings. The van der Waals surface area contributed by atoms with Crippen molar-refractivity contribution in [2.24, 2.45) is 0 Å². The Balaban J connectivity index is 0.000000471. The number of carbonyl (C=O) groups excluding carboxylic acids is 1. The lowest BCUT2D eigenvalue weighted by Gasteiger charge is -2.27. The van der Waals surface area contributed by atoms with Crippen molar-refractivity contribution in [3.05, 3.63) is 33.8 Å². The zero-order valence-corrected chi connectivity index (χ0v) is 22.2. The molecule has 1 aliphatic heterocycles. The van der Waals surface area contributed by atoms with Crippen LogP contribution in [0.5, 0.6) is 0 Å². The summed E-state index contributed by atoms with van der Waals surface area (Å²) in [4.78, 5) is 16.2. The van der Waals surface area contributed by atoms with Gasteiger partial charge in [0.15, 0.2) is 0 Å². The number of likely N-dealkylation sites (tertiary alicyclic amines) is 1. The molecule has 1 saturated heterocycles. The molecule has 0 aromatic heterocycles. The topological polar surface area (TPSA) is 53.0 Å². The molecule has 5 nitrogen and oxygen atoms in total. The van der Waals surface area contributed by atoms with E-state index in [-0.39, 0.29) is 6.09 Å². The summed E-state index contributed by atoms with van der Waals surface area (Å²) in [6.07, 6.45) is 4.38. The lowest BCUT2D eigenvalue weighted by molar-refractivity contribution is 0.0111. The molecule has 1 atom stereocenters. The number of amides is 1. The average molecular weight is 490 g/mol. The van der Waals surface area contributed by atoms with Crippen LogP contribution in [0.3, 0.4) is 0 Å². The predicted molar refractivity (Wildman–Crippen MR) is 135 cm³/mol. The maximum atomic E-state index is 12.1. The number of hydrogen-bond acceptors (Lipinski definition) is 4. The Kier molecular flexibility index (Phi) is 12.4. The van der Waals surface area contributed by atoms with Gasteiger partial charge in [0, 0.05) is 6.54 Å². The molecule has 32 heavy (non-hydrogen) atoms. The zero-order valence-electron chi connectivity index (χ0n) is 20.7. The van der Waals surface area contributed by atoms with Crippen LogP contribution in [0.15, 0.2) is 18.2 Å². The molecule has 184 valence electrons. The molecule has 1 aromatic carbocycles. The average Bonchev–Trinajstić information content (AvgIpc) is 3.08. The fourth-order valence-electron chi connectivity index (χ4n) is 3.75. The van der Waals surface area contributed by atoms with Crippen molar-refractivity contribution < 1.29 is 14.6 Å². The van der Waals surface area contributed by atoms with Crippen LogP contribution < -0.4 is 0 Å². The summed E-state index contributed by atoms with van der Waals surface area (Å²) in [7, 11) is 0. The maximum Gasteiger partial charge on any atom is 0.410 e. The van der Waals surface area contributed by atoms with Crippen LogP contribution in [0.1, 0.15) is 72.3 Å². The molecule has 0 radical (unpaired) electrons. The third-order valence-corrected chi connectivity index (χ3v) is 6.24. The second-order valence-corrected chi connectivity index (χ2v) is 10.5. The van der Waals surface area contributed by atoms with Crippen molar-refractivity contribution in [3.63, 3.8) is 0 Å². The number of β-amino-alcohol motifs (C(OH)–C–C–N with tert-alkyl or cyclic N) is 1. The second-order valence-electron chi connectivity index (χ2n) is 9.69. The van der Waals surface area contributed by atoms with Gasteiger partial charge in [0.2, 0.25) is 0 Å². The van der Waals surface area contributed by atoms with Crippen LogP contribution in [0.2, 0.25) is 10.0 Å². The van der Waals surface area contributed by atoms with Gasteiger partial charge in [0.25, 0.3) is 0 Å². The largest absolute Gasteiger partial charge is 0.444 e. The number of aryl methyl sites for hydroxylation is 1. The Bertz CT molecular complexity index is 683. The summed E-state index contributed by atoms with van der Waals surface area (Å²) in [6, 6.07) is 5.58. The van der Waals surface area contributed by atoms with Crippen molar-refractivity contribution >= 4 is 29.3 Å². The van der Waals surface area contributed by atoms with Crippen molar-refractivity contribution in [1.29, 1.82) is 0 Å². The van der Waals surface area contributed by atoms with Crippen LogP contribution in [-0.2, 0) is 4.74 Å². The molecular weight excluding hydrogens is 447 g/mol. The van der Waals surface area contributed by atoms with Gasteiger partial charge in [0.05, 0.1) is 22.2 Å². The minimum Gasteiger partial charge on any atom is -0.444 e. The van der Waals surface area contributed by atoms with Gasteiger partial charge in [-0.05, 0) is 91.1 Å². The van der Waals surface area contributed by atoms with E-state index >= 15 is 0 Å².